The molecule has 0 bridgehead atoms. The van der Waals surface area contributed by atoms with Gasteiger partial charge in [0.1, 0.15) is 5.82 Å². The van der Waals surface area contributed by atoms with E-state index in [1.165, 1.54) is 23.5 Å². The summed E-state index contributed by atoms with van der Waals surface area (Å²) in [6, 6.07) is 9.86. The number of amides is 2. The van der Waals surface area contributed by atoms with Crippen molar-refractivity contribution < 1.29 is 18.7 Å². The molecule has 8 heteroatoms. The maximum absolute atomic E-state index is 13.3. The van der Waals surface area contributed by atoms with Gasteiger partial charge in [-0.1, -0.05) is 12.1 Å². The van der Waals surface area contributed by atoms with Crippen LogP contribution < -0.4 is 10.6 Å². The maximum Gasteiger partial charge on any atom is 0.261 e. The van der Waals surface area contributed by atoms with E-state index in [2.05, 4.69) is 15.5 Å². The average Bonchev–Trinajstić information content (AvgIpc) is 3.15. The number of hydrogen-bond donors (Lipinski definition) is 2. The Bertz CT molecular complexity index is 803. The lowest BCUT2D eigenvalue weighted by Crippen LogP contribution is -2.45. The van der Waals surface area contributed by atoms with Crippen LogP contribution in [0, 0.1) is 12.7 Å². The van der Waals surface area contributed by atoms with E-state index >= 15 is 0 Å². The van der Waals surface area contributed by atoms with Gasteiger partial charge in [0.05, 0.1) is 30.7 Å². The van der Waals surface area contributed by atoms with Crippen molar-refractivity contribution in [1.29, 1.82) is 0 Å². The molecular weight excluding hydrogens is 381 g/mol. The molecule has 0 radical (unpaired) electrons. The summed E-state index contributed by atoms with van der Waals surface area (Å²) in [7, 11) is 0. The normalized spacial score (nSPS) is 15.8. The Morgan fingerprint density at radius 2 is 1.86 bits per heavy atom. The highest BCUT2D eigenvalue weighted by Gasteiger charge is 2.23. The number of nitrogens with one attached hydrogen (secondary N) is 2. The quantitative estimate of drug-likeness (QED) is 0.740. The van der Waals surface area contributed by atoms with Crippen molar-refractivity contribution in [1.82, 2.24) is 15.5 Å². The third-order valence-electron chi connectivity index (χ3n) is 4.61. The van der Waals surface area contributed by atoms with Gasteiger partial charge in [-0.05, 0) is 36.8 Å². The first kappa shape index (κ1) is 20.4. The van der Waals surface area contributed by atoms with Crippen molar-refractivity contribution in [3.8, 4) is 0 Å². The molecule has 1 aromatic carbocycles. The van der Waals surface area contributed by atoms with E-state index in [-0.39, 0.29) is 30.2 Å². The summed E-state index contributed by atoms with van der Waals surface area (Å²) in [5.41, 5.74) is 0.932. The molecule has 28 heavy (non-hydrogen) atoms. The van der Waals surface area contributed by atoms with Crippen molar-refractivity contribution in [2.75, 3.05) is 39.4 Å². The largest absolute Gasteiger partial charge is 0.379 e. The topological polar surface area (TPSA) is 70.7 Å². The molecule has 1 saturated heterocycles. The van der Waals surface area contributed by atoms with Crippen LogP contribution in [0.1, 0.15) is 26.2 Å². The minimum atomic E-state index is -0.292. The lowest BCUT2D eigenvalue weighted by molar-refractivity contribution is -0.120. The molecule has 3 rings (SSSR count). The number of rotatable bonds is 7. The second-order valence-electron chi connectivity index (χ2n) is 6.61. The van der Waals surface area contributed by atoms with Crippen LogP contribution in [0.4, 0.5) is 4.39 Å². The van der Waals surface area contributed by atoms with Crippen LogP contribution in [0.5, 0.6) is 0 Å². The van der Waals surface area contributed by atoms with Crippen molar-refractivity contribution in [2.45, 2.75) is 13.0 Å². The minimum absolute atomic E-state index is 0.0795. The Labute approximate surface area is 167 Å². The SMILES string of the molecule is Cc1ccc(C(=O)NCC(=O)NCC(c2ccc(F)cc2)N2CCOCC2)s1. The number of benzene rings is 1. The highest BCUT2D eigenvalue weighted by atomic mass is 32.1. The van der Waals surface area contributed by atoms with Crippen molar-refractivity contribution in [2.24, 2.45) is 0 Å². The number of ether oxygens (including phenoxy) is 1. The number of aryl methyl sites for hydroxylation is 1. The number of carbonyl (C=O) groups excluding carboxylic acids is 2. The van der Waals surface area contributed by atoms with Crippen LogP contribution >= 0.6 is 11.3 Å². The Hall–Kier alpha value is -2.29. The molecule has 1 fully saturated rings. The average molecular weight is 405 g/mol. The third kappa shape index (κ3) is 5.60. The van der Waals surface area contributed by atoms with Gasteiger partial charge in [-0.15, -0.1) is 11.3 Å². The number of carbonyl (C=O) groups is 2. The molecule has 0 saturated carbocycles. The summed E-state index contributed by atoms with van der Waals surface area (Å²) in [4.78, 5) is 28.1. The summed E-state index contributed by atoms with van der Waals surface area (Å²) >= 11 is 1.39. The van der Waals surface area contributed by atoms with Gasteiger partial charge in [0.2, 0.25) is 5.91 Å². The lowest BCUT2D eigenvalue weighted by Gasteiger charge is -2.35. The van der Waals surface area contributed by atoms with Crippen molar-refractivity contribution >= 4 is 23.2 Å². The third-order valence-corrected chi connectivity index (χ3v) is 5.61. The smallest absolute Gasteiger partial charge is 0.261 e. The molecule has 150 valence electrons. The molecule has 2 N–H and O–H groups in total. The molecular formula is C20H24FN3O3S. The summed E-state index contributed by atoms with van der Waals surface area (Å²) in [5, 5.41) is 5.52. The van der Waals surface area contributed by atoms with Crippen LogP contribution in [0.3, 0.4) is 0 Å². The van der Waals surface area contributed by atoms with Gasteiger partial charge in [0.15, 0.2) is 0 Å². The summed E-state index contributed by atoms with van der Waals surface area (Å²) < 4.78 is 18.7. The molecule has 0 spiro atoms. The molecule has 2 amide bonds. The number of morpholine rings is 1. The van der Waals surface area contributed by atoms with Gasteiger partial charge in [-0.2, -0.15) is 0 Å². The predicted octanol–water partition coefficient (Wildman–Crippen LogP) is 2.12. The standard InChI is InChI=1S/C20H24FN3O3S/c1-14-2-7-18(28-14)20(26)23-13-19(25)22-12-17(24-8-10-27-11-9-24)15-3-5-16(21)6-4-15/h2-7,17H,8-13H2,1H3,(H,22,25)(H,23,26). The first-order valence-electron chi connectivity index (χ1n) is 9.21. The molecule has 1 aliphatic rings. The maximum atomic E-state index is 13.3. The van der Waals surface area contributed by atoms with Crippen LogP contribution in [0.25, 0.3) is 0 Å². The molecule has 6 nitrogen and oxygen atoms in total. The fourth-order valence-electron chi connectivity index (χ4n) is 3.11. The van der Waals surface area contributed by atoms with Gasteiger partial charge in [0.25, 0.3) is 5.91 Å². The zero-order valence-electron chi connectivity index (χ0n) is 15.7. The molecule has 2 aromatic rings. The van der Waals surface area contributed by atoms with E-state index in [0.717, 1.165) is 23.5 Å². The zero-order chi connectivity index (χ0) is 19.9. The molecule has 2 heterocycles. The molecule has 1 unspecified atom stereocenters. The van der Waals surface area contributed by atoms with E-state index in [0.29, 0.717) is 24.6 Å². The Morgan fingerprint density at radius 1 is 1.14 bits per heavy atom. The van der Waals surface area contributed by atoms with Gasteiger partial charge >= 0.3 is 0 Å². The Kier molecular flexibility index (Phi) is 7.13. The predicted molar refractivity (Wildman–Crippen MR) is 106 cm³/mol. The van der Waals surface area contributed by atoms with E-state index in [4.69, 9.17) is 4.74 Å². The highest BCUT2D eigenvalue weighted by Crippen LogP contribution is 2.21. The zero-order valence-corrected chi connectivity index (χ0v) is 16.6. The van der Waals surface area contributed by atoms with Crippen LogP contribution in [-0.2, 0) is 9.53 Å². The molecule has 1 aromatic heterocycles. The molecule has 1 atom stereocenters. The summed E-state index contributed by atoms with van der Waals surface area (Å²) in [6.45, 7) is 4.95. The second-order valence-corrected chi connectivity index (χ2v) is 7.90. The van der Waals surface area contributed by atoms with Crippen molar-refractivity contribution in [3.63, 3.8) is 0 Å². The Morgan fingerprint density at radius 3 is 2.50 bits per heavy atom. The first-order chi connectivity index (χ1) is 13.5. The monoisotopic (exact) mass is 405 g/mol. The van der Waals surface area contributed by atoms with Gasteiger partial charge in [-0.3, -0.25) is 14.5 Å². The number of nitrogens with zero attached hydrogens (tertiary/aromatic N) is 1. The van der Waals surface area contributed by atoms with Gasteiger partial charge in [0, 0.05) is 24.5 Å². The Balaban J connectivity index is 1.55. The summed E-state index contributed by atoms with van der Waals surface area (Å²) in [6.07, 6.45) is 0. The fraction of sp³-hybridized carbons (Fsp3) is 0.400. The van der Waals surface area contributed by atoms with E-state index in [9.17, 15) is 14.0 Å². The van der Waals surface area contributed by atoms with Crippen LogP contribution in [0.2, 0.25) is 0 Å². The molecule has 0 aliphatic carbocycles. The van der Waals surface area contributed by atoms with Gasteiger partial charge in [-0.25, -0.2) is 4.39 Å². The van der Waals surface area contributed by atoms with Crippen LogP contribution in [-0.4, -0.2) is 56.1 Å². The summed E-state index contributed by atoms with van der Waals surface area (Å²) in [5.74, 6) is -0.807. The second kappa shape index (κ2) is 9.77. The van der Waals surface area contributed by atoms with Gasteiger partial charge < -0.3 is 15.4 Å². The lowest BCUT2D eigenvalue weighted by atomic mass is 10.0. The van der Waals surface area contributed by atoms with Crippen LogP contribution in [0.15, 0.2) is 36.4 Å². The first-order valence-corrected chi connectivity index (χ1v) is 10.0. The van der Waals surface area contributed by atoms with E-state index in [1.54, 1.807) is 18.2 Å². The number of thiophene rings is 1. The van der Waals surface area contributed by atoms with E-state index in [1.807, 2.05) is 13.0 Å². The minimum Gasteiger partial charge on any atom is -0.379 e. The highest BCUT2D eigenvalue weighted by molar-refractivity contribution is 7.13. The number of halogens is 1. The number of hydrogen-bond acceptors (Lipinski definition) is 5. The fourth-order valence-corrected chi connectivity index (χ4v) is 3.89. The van der Waals surface area contributed by atoms with E-state index < -0.39 is 0 Å². The van der Waals surface area contributed by atoms with Crippen molar-refractivity contribution in [3.05, 3.63) is 57.5 Å². The molecule has 1 aliphatic heterocycles.